The molecule has 0 saturated heterocycles. The summed E-state index contributed by atoms with van der Waals surface area (Å²) in [5.41, 5.74) is 2.44. The van der Waals surface area contributed by atoms with Gasteiger partial charge in [-0.25, -0.2) is 13.9 Å². The summed E-state index contributed by atoms with van der Waals surface area (Å²) in [6, 6.07) is 8.86. The van der Waals surface area contributed by atoms with Gasteiger partial charge < -0.3 is 0 Å². The van der Waals surface area contributed by atoms with E-state index < -0.39 is 0 Å². The molecule has 0 bridgehead atoms. The van der Waals surface area contributed by atoms with Gasteiger partial charge in [0.15, 0.2) is 5.65 Å². The van der Waals surface area contributed by atoms with Crippen LogP contribution in [0.2, 0.25) is 0 Å². The molecule has 3 aromatic rings. The van der Waals surface area contributed by atoms with E-state index in [1.165, 1.54) is 0 Å². The molecule has 17 heavy (non-hydrogen) atoms. The smallest absolute Gasteiger partial charge is 0.155 e. The molecule has 0 fully saturated rings. The average Bonchev–Trinajstić information content (AvgIpc) is 2.76. The van der Waals surface area contributed by atoms with Gasteiger partial charge in [0, 0.05) is 24.0 Å². The number of aromatic nitrogens is 3. The molecule has 1 aromatic carbocycles. The molecule has 0 radical (unpaired) electrons. The normalized spacial score (nSPS) is 10.9. The van der Waals surface area contributed by atoms with E-state index in [1.807, 2.05) is 6.07 Å². The second kappa shape index (κ2) is 3.66. The molecule has 0 spiro atoms. The minimum Gasteiger partial charge on any atom is -0.237 e. The predicted molar refractivity (Wildman–Crippen MR) is 63.1 cm³/mol. The van der Waals surface area contributed by atoms with Crippen LogP contribution in [0, 0.1) is 12.7 Å². The Kier molecular flexibility index (Phi) is 2.14. The van der Waals surface area contributed by atoms with Crippen molar-refractivity contribution in [3.63, 3.8) is 0 Å². The molecule has 0 atom stereocenters. The number of benzene rings is 1. The van der Waals surface area contributed by atoms with E-state index in [9.17, 15) is 4.39 Å². The number of nitrogens with zero attached hydrogens (tertiary/aromatic N) is 3. The number of hydrogen-bond acceptors (Lipinski definition) is 2. The van der Waals surface area contributed by atoms with Crippen LogP contribution in [-0.2, 0) is 0 Å². The van der Waals surface area contributed by atoms with Gasteiger partial charge in [0.2, 0.25) is 0 Å². The number of hydrogen-bond donors (Lipinski definition) is 0. The third kappa shape index (κ3) is 1.58. The first-order valence-corrected chi connectivity index (χ1v) is 5.31. The molecule has 4 heteroatoms. The van der Waals surface area contributed by atoms with Gasteiger partial charge in [0.05, 0.1) is 5.69 Å². The molecule has 84 valence electrons. The van der Waals surface area contributed by atoms with Gasteiger partial charge in [0.25, 0.3) is 0 Å². The maximum atomic E-state index is 13.9. The van der Waals surface area contributed by atoms with Crippen molar-refractivity contribution in [1.82, 2.24) is 14.6 Å². The summed E-state index contributed by atoms with van der Waals surface area (Å²) in [5.74, 6) is -0.226. The fourth-order valence-corrected chi connectivity index (χ4v) is 1.81. The fraction of sp³-hybridized carbons (Fsp3) is 0.0769. The van der Waals surface area contributed by atoms with Crippen LogP contribution in [0.1, 0.15) is 5.56 Å². The van der Waals surface area contributed by atoms with Crippen LogP contribution in [0.15, 0.2) is 42.7 Å². The van der Waals surface area contributed by atoms with Crippen LogP contribution >= 0.6 is 0 Å². The molecular weight excluding hydrogens is 217 g/mol. The lowest BCUT2D eigenvalue weighted by molar-refractivity contribution is 0.621. The first-order valence-electron chi connectivity index (χ1n) is 5.31. The largest absolute Gasteiger partial charge is 0.237 e. The SMILES string of the molecule is Cc1cccc(-c2cc3ncccn3n2)c1F. The molecule has 0 saturated carbocycles. The van der Waals surface area contributed by atoms with Gasteiger partial charge >= 0.3 is 0 Å². The Bertz CT molecular complexity index is 655. The van der Waals surface area contributed by atoms with Crippen molar-refractivity contribution in [2.45, 2.75) is 6.92 Å². The van der Waals surface area contributed by atoms with Crippen LogP contribution in [0.5, 0.6) is 0 Å². The summed E-state index contributed by atoms with van der Waals surface area (Å²) in [5, 5.41) is 4.30. The summed E-state index contributed by atoms with van der Waals surface area (Å²) in [6.07, 6.45) is 3.48. The highest BCUT2D eigenvalue weighted by Crippen LogP contribution is 2.23. The van der Waals surface area contributed by atoms with Crippen LogP contribution in [0.25, 0.3) is 16.9 Å². The topological polar surface area (TPSA) is 30.2 Å². The number of aryl methyl sites for hydroxylation is 1. The quantitative estimate of drug-likeness (QED) is 0.640. The van der Waals surface area contributed by atoms with E-state index in [4.69, 9.17) is 0 Å². The second-order valence-electron chi connectivity index (χ2n) is 3.89. The van der Waals surface area contributed by atoms with Gasteiger partial charge in [-0.2, -0.15) is 5.10 Å². The van der Waals surface area contributed by atoms with Gasteiger partial charge in [-0.1, -0.05) is 12.1 Å². The summed E-state index contributed by atoms with van der Waals surface area (Å²) >= 11 is 0. The van der Waals surface area contributed by atoms with E-state index in [0.717, 1.165) is 0 Å². The molecule has 0 aliphatic carbocycles. The maximum Gasteiger partial charge on any atom is 0.155 e. The zero-order valence-corrected chi connectivity index (χ0v) is 9.26. The van der Waals surface area contributed by atoms with Crippen molar-refractivity contribution in [3.05, 3.63) is 54.1 Å². The zero-order valence-electron chi connectivity index (χ0n) is 9.26. The summed E-state index contributed by atoms with van der Waals surface area (Å²) < 4.78 is 15.6. The van der Waals surface area contributed by atoms with Gasteiger partial charge in [-0.3, -0.25) is 0 Å². The molecule has 3 rings (SSSR count). The monoisotopic (exact) mass is 227 g/mol. The van der Waals surface area contributed by atoms with Crippen molar-refractivity contribution < 1.29 is 4.39 Å². The Morgan fingerprint density at radius 2 is 2.12 bits per heavy atom. The highest BCUT2D eigenvalue weighted by Gasteiger charge is 2.10. The standard InChI is InChI=1S/C13H10FN3/c1-9-4-2-5-10(13(9)14)11-8-12-15-6-3-7-17(12)16-11/h2-8H,1H3. The Hall–Kier alpha value is -2.23. The lowest BCUT2D eigenvalue weighted by Crippen LogP contribution is -1.90. The molecule has 0 aliphatic rings. The zero-order chi connectivity index (χ0) is 11.8. The molecule has 0 aliphatic heterocycles. The Morgan fingerprint density at radius 1 is 1.24 bits per heavy atom. The van der Waals surface area contributed by atoms with Crippen molar-refractivity contribution in [3.8, 4) is 11.3 Å². The summed E-state index contributed by atoms with van der Waals surface area (Å²) in [7, 11) is 0. The third-order valence-electron chi connectivity index (χ3n) is 2.70. The highest BCUT2D eigenvalue weighted by molar-refractivity contribution is 5.65. The number of halogens is 1. The third-order valence-corrected chi connectivity index (χ3v) is 2.70. The molecule has 0 unspecified atom stereocenters. The Morgan fingerprint density at radius 3 is 2.94 bits per heavy atom. The van der Waals surface area contributed by atoms with E-state index in [0.29, 0.717) is 22.5 Å². The summed E-state index contributed by atoms with van der Waals surface area (Å²) in [4.78, 5) is 4.16. The van der Waals surface area contributed by atoms with Crippen LogP contribution in [0.3, 0.4) is 0 Å². The van der Waals surface area contributed by atoms with Crippen LogP contribution in [0.4, 0.5) is 4.39 Å². The van der Waals surface area contributed by atoms with Crippen LogP contribution in [-0.4, -0.2) is 14.6 Å². The van der Waals surface area contributed by atoms with E-state index in [-0.39, 0.29) is 5.82 Å². The van der Waals surface area contributed by atoms with Crippen molar-refractivity contribution in [1.29, 1.82) is 0 Å². The van der Waals surface area contributed by atoms with E-state index in [2.05, 4.69) is 10.1 Å². The molecule has 0 N–H and O–H groups in total. The number of rotatable bonds is 1. The Balaban J connectivity index is 2.24. The van der Waals surface area contributed by atoms with Crippen molar-refractivity contribution in [2.75, 3.05) is 0 Å². The predicted octanol–water partition coefficient (Wildman–Crippen LogP) is 2.84. The average molecular weight is 227 g/mol. The Labute approximate surface area is 97.5 Å². The van der Waals surface area contributed by atoms with Gasteiger partial charge in [-0.05, 0) is 24.6 Å². The molecular formula is C13H10FN3. The molecule has 2 aromatic heterocycles. The first-order chi connectivity index (χ1) is 8.25. The lowest BCUT2D eigenvalue weighted by Gasteiger charge is -2.01. The van der Waals surface area contributed by atoms with E-state index >= 15 is 0 Å². The number of fused-ring (bicyclic) bond motifs is 1. The van der Waals surface area contributed by atoms with E-state index in [1.54, 1.807) is 48.1 Å². The summed E-state index contributed by atoms with van der Waals surface area (Å²) in [6.45, 7) is 1.74. The van der Waals surface area contributed by atoms with Gasteiger partial charge in [-0.15, -0.1) is 0 Å². The lowest BCUT2D eigenvalue weighted by atomic mass is 10.1. The first kappa shape index (κ1) is 9.96. The minimum absolute atomic E-state index is 0.226. The molecule has 0 amide bonds. The van der Waals surface area contributed by atoms with Crippen molar-refractivity contribution >= 4 is 5.65 Å². The van der Waals surface area contributed by atoms with Crippen LogP contribution < -0.4 is 0 Å². The fourth-order valence-electron chi connectivity index (χ4n) is 1.81. The van der Waals surface area contributed by atoms with Gasteiger partial charge in [0.1, 0.15) is 5.82 Å². The molecule has 2 heterocycles. The highest BCUT2D eigenvalue weighted by atomic mass is 19.1. The second-order valence-corrected chi connectivity index (χ2v) is 3.89. The maximum absolute atomic E-state index is 13.9. The minimum atomic E-state index is -0.226. The van der Waals surface area contributed by atoms with Crippen molar-refractivity contribution in [2.24, 2.45) is 0 Å². The molecule has 3 nitrogen and oxygen atoms in total.